The zero-order valence-electron chi connectivity index (χ0n) is 14.8. The van der Waals surface area contributed by atoms with Crippen LogP contribution < -0.4 is 10.9 Å². The van der Waals surface area contributed by atoms with Gasteiger partial charge in [-0.1, -0.05) is 48.0 Å². The summed E-state index contributed by atoms with van der Waals surface area (Å²) >= 11 is 5.74. The Bertz CT molecular complexity index is 1090. The number of carbonyl (C=O) groups is 2. The number of rotatable bonds is 5. The van der Waals surface area contributed by atoms with E-state index in [1.807, 2.05) is 30.3 Å². The lowest BCUT2D eigenvalue weighted by molar-refractivity contribution is -0.384. The molecule has 0 saturated heterocycles. The van der Waals surface area contributed by atoms with Gasteiger partial charge in [-0.2, -0.15) is 5.10 Å². The van der Waals surface area contributed by atoms with Crippen LogP contribution in [0.25, 0.3) is 17.3 Å². The van der Waals surface area contributed by atoms with Gasteiger partial charge in [-0.25, -0.2) is 0 Å². The molecular weight excluding hydrogens is 398 g/mol. The zero-order valence-corrected chi connectivity index (χ0v) is 15.5. The molecule has 3 aromatic rings. The summed E-state index contributed by atoms with van der Waals surface area (Å²) in [6, 6.07) is 15.0. The van der Waals surface area contributed by atoms with Gasteiger partial charge in [0.15, 0.2) is 0 Å². The number of nitro benzene ring substituents is 1. The van der Waals surface area contributed by atoms with E-state index in [2.05, 4.69) is 21.0 Å². The average Bonchev–Trinajstić information content (AvgIpc) is 3.22. The average molecular weight is 412 g/mol. The number of hydrazine groups is 1. The summed E-state index contributed by atoms with van der Waals surface area (Å²) in [5, 5.41) is 17.5. The molecule has 3 N–H and O–H groups in total. The number of hydrogen-bond acceptors (Lipinski definition) is 5. The minimum atomic E-state index is -0.626. The minimum Gasteiger partial charge on any atom is -0.272 e. The normalized spacial score (nSPS) is 10.7. The maximum Gasteiger partial charge on any atom is 0.288 e. The molecule has 0 saturated carbocycles. The number of nitro groups is 1. The minimum absolute atomic E-state index is 0.00158. The monoisotopic (exact) mass is 411 g/mol. The quantitative estimate of drug-likeness (QED) is 0.337. The van der Waals surface area contributed by atoms with Crippen LogP contribution in [0.4, 0.5) is 5.69 Å². The Hall–Kier alpha value is -3.98. The third-order valence-electron chi connectivity index (χ3n) is 3.79. The summed E-state index contributed by atoms with van der Waals surface area (Å²) in [4.78, 5) is 34.2. The standard InChI is InChI=1S/C19H14ClN5O4/c20-14-8-6-12(10-17(14)25(28)29)7-9-18(26)23-24-19(27)16-11-15(21-22-16)13-4-2-1-3-5-13/h1-11H,(H,21,22)(H,23,26)(H,24,27)/b9-7+. The maximum absolute atomic E-state index is 12.1. The van der Waals surface area contributed by atoms with Crippen LogP contribution in [-0.4, -0.2) is 26.9 Å². The fourth-order valence-electron chi connectivity index (χ4n) is 2.37. The Labute approximate surface area is 169 Å². The van der Waals surface area contributed by atoms with Gasteiger partial charge in [0.2, 0.25) is 0 Å². The lowest BCUT2D eigenvalue weighted by Crippen LogP contribution is -2.40. The van der Waals surface area contributed by atoms with Crippen LogP contribution >= 0.6 is 11.6 Å². The number of aromatic amines is 1. The lowest BCUT2D eigenvalue weighted by Gasteiger charge is -2.03. The molecule has 0 radical (unpaired) electrons. The maximum atomic E-state index is 12.1. The van der Waals surface area contributed by atoms with Gasteiger partial charge in [-0.3, -0.25) is 35.7 Å². The van der Waals surface area contributed by atoms with Gasteiger partial charge in [-0.05, 0) is 23.8 Å². The van der Waals surface area contributed by atoms with Gasteiger partial charge in [-0.15, -0.1) is 0 Å². The summed E-state index contributed by atoms with van der Waals surface area (Å²) in [6.45, 7) is 0. The summed E-state index contributed by atoms with van der Waals surface area (Å²) in [5.41, 5.74) is 6.20. The Morgan fingerprint density at radius 3 is 2.59 bits per heavy atom. The molecule has 0 aliphatic rings. The van der Waals surface area contributed by atoms with Crippen LogP contribution in [0.15, 0.2) is 60.7 Å². The van der Waals surface area contributed by atoms with Gasteiger partial charge >= 0.3 is 0 Å². The molecule has 2 aromatic carbocycles. The highest BCUT2D eigenvalue weighted by atomic mass is 35.5. The number of H-pyrrole nitrogens is 1. The molecule has 1 aromatic heterocycles. The van der Waals surface area contributed by atoms with Crippen LogP contribution in [-0.2, 0) is 4.79 Å². The topological polar surface area (TPSA) is 130 Å². The molecule has 0 unspecified atom stereocenters. The fraction of sp³-hybridized carbons (Fsp3) is 0. The van der Waals surface area contributed by atoms with Crippen molar-refractivity contribution in [3.8, 4) is 11.3 Å². The van der Waals surface area contributed by atoms with Gasteiger partial charge in [0, 0.05) is 17.7 Å². The van der Waals surface area contributed by atoms with Crippen LogP contribution in [0.5, 0.6) is 0 Å². The van der Waals surface area contributed by atoms with E-state index in [0.717, 1.165) is 11.6 Å². The summed E-state index contributed by atoms with van der Waals surface area (Å²) in [5.74, 6) is -1.21. The van der Waals surface area contributed by atoms with E-state index in [1.54, 1.807) is 6.07 Å². The van der Waals surface area contributed by atoms with E-state index in [-0.39, 0.29) is 16.4 Å². The molecule has 1 heterocycles. The first-order valence-corrected chi connectivity index (χ1v) is 8.65. The van der Waals surface area contributed by atoms with Crippen LogP contribution in [0, 0.1) is 10.1 Å². The fourth-order valence-corrected chi connectivity index (χ4v) is 2.55. The van der Waals surface area contributed by atoms with Crippen molar-refractivity contribution in [2.75, 3.05) is 0 Å². The third-order valence-corrected chi connectivity index (χ3v) is 4.10. The molecule has 9 nitrogen and oxygen atoms in total. The molecule has 0 aliphatic heterocycles. The molecule has 146 valence electrons. The highest BCUT2D eigenvalue weighted by Gasteiger charge is 2.13. The summed E-state index contributed by atoms with van der Waals surface area (Å²) in [6.07, 6.45) is 2.48. The first kappa shape index (κ1) is 19.8. The Kier molecular flexibility index (Phi) is 6.00. The number of carbonyl (C=O) groups excluding carboxylic acids is 2. The first-order chi connectivity index (χ1) is 13.9. The lowest BCUT2D eigenvalue weighted by atomic mass is 10.1. The molecule has 10 heteroatoms. The van der Waals surface area contributed by atoms with Crippen molar-refractivity contribution in [2.24, 2.45) is 0 Å². The molecule has 0 spiro atoms. The number of amides is 2. The van der Waals surface area contributed by atoms with E-state index in [1.165, 1.54) is 24.3 Å². The van der Waals surface area contributed by atoms with Crippen molar-refractivity contribution in [3.05, 3.63) is 87.1 Å². The van der Waals surface area contributed by atoms with Crippen molar-refractivity contribution in [3.63, 3.8) is 0 Å². The number of halogens is 1. The Morgan fingerprint density at radius 1 is 1.10 bits per heavy atom. The second-order valence-corrected chi connectivity index (χ2v) is 6.18. The molecule has 0 aliphatic carbocycles. The van der Waals surface area contributed by atoms with Crippen molar-refractivity contribution in [1.29, 1.82) is 0 Å². The number of aromatic nitrogens is 2. The van der Waals surface area contributed by atoms with Crippen LogP contribution in [0.3, 0.4) is 0 Å². The van der Waals surface area contributed by atoms with E-state index in [4.69, 9.17) is 11.6 Å². The zero-order chi connectivity index (χ0) is 20.8. The largest absolute Gasteiger partial charge is 0.288 e. The second-order valence-electron chi connectivity index (χ2n) is 5.78. The molecule has 2 amide bonds. The molecule has 29 heavy (non-hydrogen) atoms. The molecule has 0 atom stereocenters. The third kappa shape index (κ3) is 5.05. The highest BCUT2D eigenvalue weighted by Crippen LogP contribution is 2.25. The number of benzene rings is 2. The van der Waals surface area contributed by atoms with Gasteiger partial charge in [0.1, 0.15) is 10.7 Å². The Balaban J connectivity index is 1.57. The van der Waals surface area contributed by atoms with Gasteiger partial charge in [0.25, 0.3) is 17.5 Å². The first-order valence-electron chi connectivity index (χ1n) is 8.27. The van der Waals surface area contributed by atoms with E-state index < -0.39 is 16.7 Å². The summed E-state index contributed by atoms with van der Waals surface area (Å²) in [7, 11) is 0. The molecule has 0 bridgehead atoms. The van der Waals surface area contributed by atoms with E-state index in [0.29, 0.717) is 11.3 Å². The van der Waals surface area contributed by atoms with Gasteiger partial charge in [0.05, 0.1) is 10.6 Å². The van der Waals surface area contributed by atoms with Crippen molar-refractivity contribution in [2.45, 2.75) is 0 Å². The predicted octanol–water partition coefficient (Wildman–Crippen LogP) is 3.11. The number of nitrogens with zero attached hydrogens (tertiary/aromatic N) is 2. The molecular formula is C19H14ClN5O4. The molecule has 0 fully saturated rings. The van der Waals surface area contributed by atoms with Crippen molar-refractivity contribution >= 4 is 35.2 Å². The molecule has 3 rings (SSSR count). The predicted molar refractivity (Wildman–Crippen MR) is 107 cm³/mol. The number of hydrogen-bond donors (Lipinski definition) is 3. The van der Waals surface area contributed by atoms with Crippen molar-refractivity contribution in [1.82, 2.24) is 21.0 Å². The smallest absolute Gasteiger partial charge is 0.272 e. The SMILES string of the molecule is O=C(/C=C/c1ccc(Cl)c([N+](=O)[O-])c1)NNC(=O)c1cc(-c2ccccc2)n[nH]1. The van der Waals surface area contributed by atoms with E-state index in [9.17, 15) is 19.7 Å². The van der Waals surface area contributed by atoms with E-state index >= 15 is 0 Å². The second kappa shape index (κ2) is 8.81. The van der Waals surface area contributed by atoms with Crippen LogP contribution in [0.1, 0.15) is 16.1 Å². The Morgan fingerprint density at radius 2 is 1.86 bits per heavy atom. The van der Waals surface area contributed by atoms with Gasteiger partial charge < -0.3 is 0 Å². The van der Waals surface area contributed by atoms with Crippen LogP contribution in [0.2, 0.25) is 5.02 Å². The summed E-state index contributed by atoms with van der Waals surface area (Å²) < 4.78 is 0. The number of nitrogens with one attached hydrogen (secondary N) is 3. The highest BCUT2D eigenvalue weighted by molar-refractivity contribution is 6.32. The van der Waals surface area contributed by atoms with Crippen molar-refractivity contribution < 1.29 is 14.5 Å².